The summed E-state index contributed by atoms with van der Waals surface area (Å²) in [6.45, 7) is 4.17. The summed E-state index contributed by atoms with van der Waals surface area (Å²) < 4.78 is 29.9. The molecular weight excluding hydrogens is 332 g/mol. The minimum Gasteiger partial charge on any atom is -0.469 e. The molecule has 1 unspecified atom stereocenters. The molecule has 0 saturated heterocycles. The summed E-state index contributed by atoms with van der Waals surface area (Å²) in [7, 11) is 0.667. The molecule has 1 rings (SSSR count). The number of nitrogens with zero attached hydrogens (tertiary/aromatic N) is 2. The molecule has 0 aliphatic carbocycles. The number of methoxy groups -OCH3 is 1. The number of hydrogen-bond acceptors (Lipinski definition) is 5. The van der Waals surface area contributed by atoms with Gasteiger partial charge in [-0.2, -0.15) is 0 Å². The molecule has 0 radical (unpaired) electrons. The van der Waals surface area contributed by atoms with E-state index in [0.29, 0.717) is 12.1 Å². The number of ether oxygens (including phenoxy) is 1. The zero-order valence-electron chi connectivity index (χ0n) is 14.6. The van der Waals surface area contributed by atoms with Gasteiger partial charge in [-0.1, -0.05) is 6.92 Å². The fraction of sp³-hybridized carbons (Fsp3) is 0.500. The average Bonchev–Trinajstić information content (AvgIpc) is 2.57. The normalized spacial score (nSPS) is 12.8. The van der Waals surface area contributed by atoms with Crippen molar-refractivity contribution in [1.82, 2.24) is 9.21 Å². The van der Waals surface area contributed by atoms with E-state index in [1.165, 1.54) is 50.4 Å². The standard InChI is InChI=1S/C16H24N2O5S/c1-6-18(11-12(2)16(20)23-5)15(19)13-7-9-14(10-8-13)24(21,22)17(3)4/h7-10,12H,6,11H2,1-5H3. The molecule has 0 spiro atoms. The van der Waals surface area contributed by atoms with Crippen molar-refractivity contribution < 1.29 is 22.7 Å². The van der Waals surface area contributed by atoms with Gasteiger partial charge >= 0.3 is 5.97 Å². The number of sulfonamides is 1. The SMILES string of the molecule is CCN(CC(C)C(=O)OC)C(=O)c1ccc(S(=O)(=O)N(C)C)cc1. The molecule has 0 heterocycles. The molecule has 0 N–H and O–H groups in total. The minimum atomic E-state index is -3.53. The predicted molar refractivity (Wildman–Crippen MR) is 90.1 cm³/mol. The Bertz CT molecular complexity index is 683. The van der Waals surface area contributed by atoms with Crippen molar-refractivity contribution in [2.75, 3.05) is 34.3 Å². The molecule has 0 fully saturated rings. The molecule has 0 aliphatic rings. The van der Waals surface area contributed by atoms with Crippen molar-refractivity contribution in [2.24, 2.45) is 5.92 Å². The third kappa shape index (κ3) is 4.55. The van der Waals surface area contributed by atoms with Gasteiger partial charge < -0.3 is 9.64 Å². The first kappa shape index (κ1) is 20.1. The lowest BCUT2D eigenvalue weighted by Gasteiger charge is -2.23. The molecule has 134 valence electrons. The van der Waals surface area contributed by atoms with E-state index in [2.05, 4.69) is 4.74 Å². The van der Waals surface area contributed by atoms with Crippen molar-refractivity contribution in [3.8, 4) is 0 Å². The Labute approximate surface area is 143 Å². The molecule has 0 saturated carbocycles. The molecule has 24 heavy (non-hydrogen) atoms. The van der Waals surface area contributed by atoms with Crippen molar-refractivity contribution in [2.45, 2.75) is 18.7 Å². The maximum absolute atomic E-state index is 12.5. The number of rotatable bonds is 7. The van der Waals surface area contributed by atoms with Crippen LogP contribution in [0.25, 0.3) is 0 Å². The Balaban J connectivity index is 2.96. The van der Waals surface area contributed by atoms with Crippen LogP contribution in [0.4, 0.5) is 0 Å². The van der Waals surface area contributed by atoms with Gasteiger partial charge in [-0.25, -0.2) is 12.7 Å². The quantitative estimate of drug-likeness (QED) is 0.686. The number of benzene rings is 1. The van der Waals surface area contributed by atoms with Gasteiger partial charge in [-0.15, -0.1) is 0 Å². The van der Waals surface area contributed by atoms with Crippen molar-refractivity contribution >= 4 is 21.9 Å². The Kier molecular flexibility index (Phi) is 6.92. The molecule has 1 aromatic rings. The second kappa shape index (κ2) is 8.25. The number of carbonyl (C=O) groups excluding carboxylic acids is 2. The highest BCUT2D eigenvalue weighted by Gasteiger charge is 2.22. The van der Waals surface area contributed by atoms with Gasteiger partial charge in [0.05, 0.1) is 17.9 Å². The molecule has 0 aliphatic heterocycles. The van der Waals surface area contributed by atoms with Crippen molar-refractivity contribution in [1.29, 1.82) is 0 Å². The van der Waals surface area contributed by atoms with Crippen molar-refractivity contribution in [3.63, 3.8) is 0 Å². The summed E-state index contributed by atoms with van der Waals surface area (Å²) in [4.78, 5) is 25.7. The van der Waals surface area contributed by atoms with Gasteiger partial charge in [0.25, 0.3) is 5.91 Å². The van der Waals surface area contributed by atoms with Gasteiger partial charge in [0, 0.05) is 32.7 Å². The Morgan fingerprint density at radius 2 is 1.71 bits per heavy atom. The fourth-order valence-corrected chi connectivity index (χ4v) is 3.03. The van der Waals surface area contributed by atoms with Crippen LogP contribution in [-0.2, 0) is 19.6 Å². The van der Waals surface area contributed by atoms with Crippen LogP contribution in [0.5, 0.6) is 0 Å². The topological polar surface area (TPSA) is 84.0 Å². The summed E-state index contributed by atoms with van der Waals surface area (Å²) in [5.41, 5.74) is 0.367. The Morgan fingerprint density at radius 3 is 2.12 bits per heavy atom. The van der Waals surface area contributed by atoms with Gasteiger partial charge in [0.15, 0.2) is 0 Å². The van der Waals surface area contributed by atoms with E-state index in [1.807, 2.05) is 6.92 Å². The van der Waals surface area contributed by atoms with Crippen LogP contribution in [0.3, 0.4) is 0 Å². The third-order valence-corrected chi connectivity index (χ3v) is 5.48. The zero-order valence-corrected chi connectivity index (χ0v) is 15.5. The Morgan fingerprint density at radius 1 is 1.17 bits per heavy atom. The summed E-state index contributed by atoms with van der Waals surface area (Å²) in [5.74, 6) is -1.08. The minimum absolute atomic E-state index is 0.120. The first-order chi connectivity index (χ1) is 11.1. The van der Waals surface area contributed by atoms with Crippen LogP contribution in [0.1, 0.15) is 24.2 Å². The van der Waals surface area contributed by atoms with Crippen LogP contribution >= 0.6 is 0 Å². The van der Waals surface area contributed by atoms with Gasteiger partial charge in [0.2, 0.25) is 10.0 Å². The van der Waals surface area contributed by atoms with Gasteiger partial charge in [-0.05, 0) is 31.2 Å². The van der Waals surface area contributed by atoms with E-state index >= 15 is 0 Å². The first-order valence-electron chi connectivity index (χ1n) is 7.54. The molecule has 1 aromatic carbocycles. The monoisotopic (exact) mass is 356 g/mol. The number of hydrogen-bond donors (Lipinski definition) is 0. The van der Waals surface area contributed by atoms with E-state index < -0.39 is 15.9 Å². The van der Waals surface area contributed by atoms with E-state index in [4.69, 9.17) is 0 Å². The predicted octanol–water partition coefficient (Wildman–Crippen LogP) is 1.21. The second-order valence-electron chi connectivity index (χ2n) is 5.58. The van der Waals surface area contributed by atoms with Gasteiger partial charge in [0.1, 0.15) is 0 Å². The van der Waals surface area contributed by atoms with E-state index in [1.54, 1.807) is 6.92 Å². The van der Waals surface area contributed by atoms with E-state index in [0.717, 1.165) is 4.31 Å². The van der Waals surface area contributed by atoms with Gasteiger partial charge in [-0.3, -0.25) is 9.59 Å². The zero-order chi connectivity index (χ0) is 18.5. The molecular formula is C16H24N2O5S. The molecule has 0 bridgehead atoms. The number of carbonyl (C=O) groups is 2. The molecule has 0 aromatic heterocycles. The molecule has 7 nitrogen and oxygen atoms in total. The Hall–Kier alpha value is -1.93. The molecule has 1 amide bonds. The van der Waals surface area contributed by atoms with E-state index in [-0.39, 0.29) is 23.3 Å². The van der Waals surface area contributed by atoms with Crippen molar-refractivity contribution in [3.05, 3.63) is 29.8 Å². The maximum Gasteiger partial charge on any atom is 0.310 e. The van der Waals surface area contributed by atoms with Crippen LogP contribution < -0.4 is 0 Å². The molecule has 1 atom stereocenters. The lowest BCUT2D eigenvalue weighted by atomic mass is 10.1. The molecule has 8 heteroatoms. The van der Waals surface area contributed by atoms with Crippen LogP contribution in [-0.4, -0.2) is 63.8 Å². The highest BCUT2D eigenvalue weighted by Crippen LogP contribution is 2.16. The average molecular weight is 356 g/mol. The lowest BCUT2D eigenvalue weighted by molar-refractivity contribution is -0.145. The summed E-state index contributed by atoms with van der Waals surface area (Å²) in [5, 5.41) is 0. The summed E-state index contributed by atoms with van der Waals surface area (Å²) in [6.07, 6.45) is 0. The lowest BCUT2D eigenvalue weighted by Crippen LogP contribution is -2.37. The highest BCUT2D eigenvalue weighted by molar-refractivity contribution is 7.89. The fourth-order valence-electron chi connectivity index (χ4n) is 2.12. The third-order valence-electron chi connectivity index (χ3n) is 3.65. The smallest absolute Gasteiger partial charge is 0.310 e. The van der Waals surface area contributed by atoms with E-state index in [9.17, 15) is 18.0 Å². The highest BCUT2D eigenvalue weighted by atomic mass is 32.2. The van der Waals surface area contributed by atoms with Crippen LogP contribution in [0, 0.1) is 5.92 Å². The summed E-state index contributed by atoms with van der Waals surface area (Å²) in [6, 6.07) is 5.76. The van der Waals surface area contributed by atoms with Crippen LogP contribution in [0.15, 0.2) is 29.2 Å². The van der Waals surface area contributed by atoms with Crippen LogP contribution in [0.2, 0.25) is 0 Å². The number of esters is 1. The second-order valence-corrected chi connectivity index (χ2v) is 7.73. The first-order valence-corrected chi connectivity index (χ1v) is 8.98. The maximum atomic E-state index is 12.5. The number of amides is 1. The summed E-state index contributed by atoms with van der Waals surface area (Å²) >= 11 is 0. The largest absolute Gasteiger partial charge is 0.469 e.